The molecule has 0 atom stereocenters. The number of benzene rings is 1. The minimum Gasteiger partial charge on any atom is -0.311 e. The van der Waals surface area contributed by atoms with Crippen LogP contribution in [-0.2, 0) is 5.41 Å². The molecule has 2 aliphatic carbocycles. The highest BCUT2D eigenvalue weighted by Crippen LogP contribution is 2.68. The summed E-state index contributed by atoms with van der Waals surface area (Å²) in [5, 5.41) is 4.57. The predicted molar refractivity (Wildman–Crippen MR) is 81.8 cm³/mol. The summed E-state index contributed by atoms with van der Waals surface area (Å²) < 4.78 is 0. The van der Waals surface area contributed by atoms with Crippen molar-refractivity contribution in [3.63, 3.8) is 0 Å². The molecule has 2 saturated carbocycles. The molecule has 2 fully saturated rings. The van der Waals surface area contributed by atoms with E-state index in [-0.39, 0.29) is 5.54 Å². The zero-order valence-corrected chi connectivity index (χ0v) is 13.0. The third-order valence-corrected chi connectivity index (χ3v) is 5.01. The van der Waals surface area contributed by atoms with Crippen LogP contribution in [0.2, 0.25) is 5.02 Å². The SMILES string of the molecule is CC(C)(C)NCC1(c2cccc(Cl)c2)CC2(CC2)C1. The summed E-state index contributed by atoms with van der Waals surface area (Å²) in [5.41, 5.74) is 2.61. The Kier molecular flexibility index (Phi) is 3.00. The van der Waals surface area contributed by atoms with E-state index in [1.807, 2.05) is 6.07 Å². The molecule has 19 heavy (non-hydrogen) atoms. The predicted octanol–water partition coefficient (Wildman–Crippen LogP) is 4.54. The van der Waals surface area contributed by atoms with E-state index < -0.39 is 0 Å². The van der Waals surface area contributed by atoms with Gasteiger partial charge in [0.15, 0.2) is 0 Å². The molecule has 1 aromatic carbocycles. The molecule has 0 radical (unpaired) electrons. The minimum absolute atomic E-state index is 0.178. The van der Waals surface area contributed by atoms with Crippen LogP contribution < -0.4 is 5.32 Å². The second-order valence-corrected chi connectivity index (χ2v) is 8.18. The van der Waals surface area contributed by atoms with Crippen LogP contribution >= 0.6 is 11.6 Å². The van der Waals surface area contributed by atoms with Crippen LogP contribution in [0.15, 0.2) is 24.3 Å². The fraction of sp³-hybridized carbons (Fsp3) is 0.647. The molecule has 0 heterocycles. The molecule has 1 N–H and O–H groups in total. The fourth-order valence-electron chi connectivity index (χ4n) is 3.60. The fourth-order valence-corrected chi connectivity index (χ4v) is 3.79. The maximum Gasteiger partial charge on any atom is 0.0408 e. The van der Waals surface area contributed by atoms with E-state index in [4.69, 9.17) is 11.6 Å². The number of hydrogen-bond acceptors (Lipinski definition) is 1. The lowest BCUT2D eigenvalue weighted by Crippen LogP contribution is -2.53. The van der Waals surface area contributed by atoms with E-state index in [0.29, 0.717) is 10.8 Å². The summed E-state index contributed by atoms with van der Waals surface area (Å²) in [6.07, 6.45) is 5.54. The van der Waals surface area contributed by atoms with Crippen LogP contribution in [0.3, 0.4) is 0 Å². The summed E-state index contributed by atoms with van der Waals surface area (Å²) in [4.78, 5) is 0. The number of halogens is 1. The van der Waals surface area contributed by atoms with Gasteiger partial charge in [-0.25, -0.2) is 0 Å². The van der Waals surface area contributed by atoms with Crippen molar-refractivity contribution in [2.24, 2.45) is 5.41 Å². The van der Waals surface area contributed by atoms with Gasteiger partial charge in [0.05, 0.1) is 0 Å². The molecule has 2 heteroatoms. The molecule has 0 aliphatic heterocycles. The van der Waals surface area contributed by atoms with Crippen LogP contribution in [-0.4, -0.2) is 12.1 Å². The van der Waals surface area contributed by atoms with Crippen LogP contribution in [0.25, 0.3) is 0 Å². The van der Waals surface area contributed by atoms with Crippen LogP contribution in [0.5, 0.6) is 0 Å². The Balaban J connectivity index is 1.81. The van der Waals surface area contributed by atoms with E-state index in [0.717, 1.165) is 11.6 Å². The van der Waals surface area contributed by atoms with E-state index >= 15 is 0 Å². The van der Waals surface area contributed by atoms with Crippen molar-refractivity contribution in [2.75, 3.05) is 6.54 Å². The lowest BCUT2D eigenvalue weighted by Gasteiger charge is -2.50. The third-order valence-electron chi connectivity index (χ3n) is 4.78. The largest absolute Gasteiger partial charge is 0.311 e. The number of rotatable bonds is 3. The summed E-state index contributed by atoms with van der Waals surface area (Å²) in [7, 11) is 0. The second kappa shape index (κ2) is 4.23. The lowest BCUT2D eigenvalue weighted by atomic mass is 9.56. The highest BCUT2D eigenvalue weighted by atomic mass is 35.5. The summed E-state index contributed by atoms with van der Waals surface area (Å²) in [5.74, 6) is 0. The minimum atomic E-state index is 0.178. The first kappa shape index (κ1) is 13.5. The van der Waals surface area contributed by atoms with E-state index in [1.165, 1.54) is 31.2 Å². The van der Waals surface area contributed by atoms with Gasteiger partial charge in [-0.1, -0.05) is 23.7 Å². The molecule has 0 bridgehead atoms. The standard InChI is InChI=1S/C17H24ClN/c1-15(2,3)19-12-17(10-16(11-17)7-8-16)13-5-4-6-14(18)9-13/h4-6,9,19H,7-8,10-12H2,1-3H3. The monoisotopic (exact) mass is 277 g/mol. The van der Waals surface area contributed by atoms with Gasteiger partial charge in [0.25, 0.3) is 0 Å². The zero-order valence-electron chi connectivity index (χ0n) is 12.2. The molecule has 1 spiro atoms. The average Bonchev–Trinajstić information content (AvgIpc) is 3.03. The summed E-state index contributed by atoms with van der Waals surface area (Å²) >= 11 is 6.19. The molecule has 1 nitrogen and oxygen atoms in total. The smallest absolute Gasteiger partial charge is 0.0408 e. The lowest BCUT2D eigenvalue weighted by molar-refractivity contribution is 0.108. The maximum absolute atomic E-state index is 6.19. The Morgan fingerprint density at radius 1 is 1.21 bits per heavy atom. The van der Waals surface area contributed by atoms with E-state index in [2.05, 4.69) is 44.3 Å². The quantitative estimate of drug-likeness (QED) is 0.855. The van der Waals surface area contributed by atoms with Crippen molar-refractivity contribution in [1.29, 1.82) is 0 Å². The van der Waals surface area contributed by atoms with Gasteiger partial charge >= 0.3 is 0 Å². The van der Waals surface area contributed by atoms with Crippen molar-refractivity contribution in [1.82, 2.24) is 5.32 Å². The van der Waals surface area contributed by atoms with Gasteiger partial charge in [0.1, 0.15) is 0 Å². The van der Waals surface area contributed by atoms with Crippen molar-refractivity contribution in [2.45, 2.75) is 57.4 Å². The highest BCUT2D eigenvalue weighted by Gasteiger charge is 2.61. The van der Waals surface area contributed by atoms with Gasteiger partial charge in [0, 0.05) is 22.5 Å². The van der Waals surface area contributed by atoms with Crippen molar-refractivity contribution in [3.8, 4) is 0 Å². The first-order valence-electron chi connectivity index (χ1n) is 7.34. The van der Waals surface area contributed by atoms with E-state index in [1.54, 1.807) is 0 Å². The molecule has 0 aromatic heterocycles. The zero-order chi connectivity index (χ0) is 13.7. The topological polar surface area (TPSA) is 12.0 Å². The summed E-state index contributed by atoms with van der Waals surface area (Å²) in [6, 6.07) is 8.49. The number of nitrogens with one attached hydrogen (secondary N) is 1. The van der Waals surface area contributed by atoms with Gasteiger partial charge in [-0.2, -0.15) is 0 Å². The third kappa shape index (κ3) is 2.68. The molecule has 104 valence electrons. The van der Waals surface area contributed by atoms with E-state index in [9.17, 15) is 0 Å². The molecule has 0 saturated heterocycles. The number of hydrogen-bond donors (Lipinski definition) is 1. The van der Waals surface area contributed by atoms with Crippen LogP contribution in [0.4, 0.5) is 0 Å². The molecular weight excluding hydrogens is 254 g/mol. The van der Waals surface area contributed by atoms with Gasteiger partial charge < -0.3 is 5.32 Å². The van der Waals surface area contributed by atoms with Crippen LogP contribution in [0, 0.1) is 5.41 Å². The molecule has 2 aliphatic rings. The van der Waals surface area contributed by atoms with Gasteiger partial charge in [-0.3, -0.25) is 0 Å². The van der Waals surface area contributed by atoms with Crippen molar-refractivity contribution < 1.29 is 0 Å². The average molecular weight is 278 g/mol. The molecular formula is C17H24ClN. The van der Waals surface area contributed by atoms with Gasteiger partial charge in [0.2, 0.25) is 0 Å². The first-order valence-corrected chi connectivity index (χ1v) is 7.72. The summed E-state index contributed by atoms with van der Waals surface area (Å²) in [6.45, 7) is 7.79. The molecule has 0 amide bonds. The Hall–Kier alpha value is -0.530. The Bertz CT molecular complexity index is 474. The van der Waals surface area contributed by atoms with Gasteiger partial charge in [-0.05, 0) is 69.6 Å². The normalized spacial score (nSPS) is 23.2. The Labute approximate surface area is 121 Å². The molecule has 3 rings (SSSR count). The molecule has 1 aromatic rings. The van der Waals surface area contributed by atoms with Crippen molar-refractivity contribution >= 4 is 11.6 Å². The first-order chi connectivity index (χ1) is 8.83. The second-order valence-electron chi connectivity index (χ2n) is 7.75. The van der Waals surface area contributed by atoms with Crippen molar-refractivity contribution in [3.05, 3.63) is 34.9 Å². The highest BCUT2D eigenvalue weighted by molar-refractivity contribution is 6.30. The van der Waals surface area contributed by atoms with Crippen LogP contribution in [0.1, 0.15) is 52.0 Å². The van der Waals surface area contributed by atoms with Gasteiger partial charge in [-0.15, -0.1) is 0 Å². The maximum atomic E-state index is 6.19. The Morgan fingerprint density at radius 2 is 1.89 bits per heavy atom. The molecule has 0 unspecified atom stereocenters. The Morgan fingerprint density at radius 3 is 2.42 bits per heavy atom.